The maximum absolute atomic E-state index is 12.1. The number of carbonyl (C=O) groups excluding carboxylic acids is 1. The average Bonchev–Trinajstić information content (AvgIpc) is 2.62. The van der Waals surface area contributed by atoms with Gasteiger partial charge in [0.25, 0.3) is 0 Å². The number of aliphatic hydroxyl groups is 1. The van der Waals surface area contributed by atoms with Crippen LogP contribution in [0, 0.1) is 5.92 Å². The minimum Gasteiger partial charge on any atom is -0.396 e. The SMILES string of the molecule is O=C(CN1CCC(CO)C1)N1CCCCCC1. The van der Waals surface area contributed by atoms with Crippen LogP contribution in [0.4, 0.5) is 0 Å². The van der Waals surface area contributed by atoms with E-state index < -0.39 is 0 Å². The first-order chi connectivity index (χ1) is 8.29. The molecule has 1 N–H and O–H groups in total. The fourth-order valence-corrected chi connectivity index (χ4v) is 2.82. The van der Waals surface area contributed by atoms with Crippen molar-refractivity contribution >= 4 is 5.91 Å². The molecule has 2 aliphatic heterocycles. The lowest BCUT2D eigenvalue weighted by molar-refractivity contribution is -0.132. The summed E-state index contributed by atoms with van der Waals surface area (Å²) in [5.41, 5.74) is 0. The Hall–Kier alpha value is -0.610. The standard InChI is InChI=1S/C13H24N2O2/c16-11-12-5-8-14(9-12)10-13(17)15-6-3-1-2-4-7-15/h12,16H,1-11H2. The highest BCUT2D eigenvalue weighted by molar-refractivity contribution is 5.78. The number of hydrogen-bond donors (Lipinski definition) is 1. The Kier molecular flexibility index (Phi) is 4.80. The summed E-state index contributed by atoms with van der Waals surface area (Å²) in [6.07, 6.45) is 5.87. The maximum Gasteiger partial charge on any atom is 0.236 e. The minimum atomic E-state index is 0.258. The highest BCUT2D eigenvalue weighted by atomic mass is 16.3. The van der Waals surface area contributed by atoms with Crippen molar-refractivity contribution in [3.05, 3.63) is 0 Å². The predicted octanol–water partition coefficient (Wildman–Crippen LogP) is 0.703. The van der Waals surface area contributed by atoms with Crippen LogP contribution in [0.2, 0.25) is 0 Å². The van der Waals surface area contributed by atoms with Gasteiger partial charge >= 0.3 is 0 Å². The molecule has 98 valence electrons. The Morgan fingerprint density at radius 1 is 1.12 bits per heavy atom. The third-order valence-corrected chi connectivity index (χ3v) is 3.95. The zero-order valence-electron chi connectivity index (χ0n) is 10.6. The summed E-state index contributed by atoms with van der Waals surface area (Å²) >= 11 is 0. The third-order valence-electron chi connectivity index (χ3n) is 3.95. The Labute approximate surface area is 104 Å². The van der Waals surface area contributed by atoms with E-state index in [4.69, 9.17) is 5.11 Å². The van der Waals surface area contributed by atoms with E-state index >= 15 is 0 Å². The first-order valence-electron chi connectivity index (χ1n) is 6.90. The molecule has 1 atom stereocenters. The molecule has 2 saturated heterocycles. The summed E-state index contributed by atoms with van der Waals surface area (Å²) < 4.78 is 0. The number of hydrogen-bond acceptors (Lipinski definition) is 3. The molecule has 0 aromatic carbocycles. The van der Waals surface area contributed by atoms with Gasteiger partial charge in [-0.3, -0.25) is 9.69 Å². The zero-order valence-corrected chi connectivity index (χ0v) is 10.6. The highest BCUT2D eigenvalue weighted by Crippen LogP contribution is 2.16. The summed E-state index contributed by atoms with van der Waals surface area (Å²) in [6, 6.07) is 0. The smallest absolute Gasteiger partial charge is 0.236 e. The van der Waals surface area contributed by atoms with Gasteiger partial charge in [0.05, 0.1) is 6.54 Å². The van der Waals surface area contributed by atoms with Crippen LogP contribution in [-0.2, 0) is 4.79 Å². The summed E-state index contributed by atoms with van der Waals surface area (Å²) in [5.74, 6) is 0.664. The quantitative estimate of drug-likeness (QED) is 0.790. The Morgan fingerprint density at radius 3 is 2.41 bits per heavy atom. The summed E-state index contributed by atoms with van der Waals surface area (Å²) in [4.78, 5) is 16.3. The highest BCUT2D eigenvalue weighted by Gasteiger charge is 2.25. The first kappa shape index (κ1) is 12.8. The molecule has 1 unspecified atom stereocenters. The van der Waals surface area contributed by atoms with E-state index in [-0.39, 0.29) is 12.5 Å². The van der Waals surface area contributed by atoms with Crippen molar-refractivity contribution in [1.29, 1.82) is 0 Å². The van der Waals surface area contributed by atoms with Gasteiger partial charge in [-0.05, 0) is 31.7 Å². The molecule has 1 amide bonds. The van der Waals surface area contributed by atoms with Crippen molar-refractivity contribution in [3.8, 4) is 0 Å². The van der Waals surface area contributed by atoms with Crippen LogP contribution in [0.3, 0.4) is 0 Å². The molecule has 4 nitrogen and oxygen atoms in total. The lowest BCUT2D eigenvalue weighted by atomic mass is 10.1. The Bertz CT molecular complexity index is 250. The van der Waals surface area contributed by atoms with Gasteiger partial charge in [-0.15, -0.1) is 0 Å². The number of likely N-dealkylation sites (tertiary alicyclic amines) is 2. The number of carbonyl (C=O) groups is 1. The summed E-state index contributed by atoms with van der Waals surface area (Å²) in [6.45, 7) is 4.54. The monoisotopic (exact) mass is 240 g/mol. The lowest BCUT2D eigenvalue weighted by Crippen LogP contribution is -2.40. The molecule has 0 aromatic heterocycles. The molecule has 2 aliphatic rings. The molecular formula is C13H24N2O2. The summed E-state index contributed by atoms with van der Waals surface area (Å²) in [7, 11) is 0. The molecular weight excluding hydrogens is 216 g/mol. The predicted molar refractivity (Wildman–Crippen MR) is 66.7 cm³/mol. The fourth-order valence-electron chi connectivity index (χ4n) is 2.82. The third kappa shape index (κ3) is 3.68. The van der Waals surface area contributed by atoms with Gasteiger partial charge in [-0.25, -0.2) is 0 Å². The van der Waals surface area contributed by atoms with Crippen molar-refractivity contribution in [1.82, 2.24) is 9.80 Å². The van der Waals surface area contributed by atoms with Crippen molar-refractivity contribution in [3.63, 3.8) is 0 Å². The van der Waals surface area contributed by atoms with Crippen LogP contribution in [0.1, 0.15) is 32.1 Å². The number of rotatable bonds is 3. The topological polar surface area (TPSA) is 43.8 Å². The van der Waals surface area contributed by atoms with E-state index in [1.807, 2.05) is 4.90 Å². The molecule has 0 saturated carbocycles. The second-order valence-electron chi connectivity index (χ2n) is 5.37. The molecule has 0 aromatic rings. The number of amides is 1. The zero-order chi connectivity index (χ0) is 12.1. The van der Waals surface area contributed by atoms with Crippen LogP contribution in [-0.4, -0.2) is 60.1 Å². The van der Waals surface area contributed by atoms with Crippen LogP contribution >= 0.6 is 0 Å². The van der Waals surface area contributed by atoms with Gasteiger partial charge in [-0.1, -0.05) is 12.8 Å². The van der Waals surface area contributed by atoms with E-state index in [0.717, 1.165) is 45.4 Å². The van der Waals surface area contributed by atoms with E-state index in [1.165, 1.54) is 12.8 Å². The largest absolute Gasteiger partial charge is 0.396 e. The van der Waals surface area contributed by atoms with Crippen LogP contribution in [0.5, 0.6) is 0 Å². The molecule has 2 heterocycles. The second kappa shape index (κ2) is 6.36. The van der Waals surface area contributed by atoms with E-state index in [2.05, 4.69) is 4.90 Å². The van der Waals surface area contributed by atoms with Crippen molar-refractivity contribution in [2.75, 3.05) is 39.3 Å². The second-order valence-corrected chi connectivity index (χ2v) is 5.37. The number of nitrogens with zero attached hydrogens (tertiary/aromatic N) is 2. The summed E-state index contributed by atoms with van der Waals surface area (Å²) in [5, 5.41) is 9.08. The van der Waals surface area contributed by atoms with E-state index in [9.17, 15) is 4.79 Å². The average molecular weight is 240 g/mol. The van der Waals surface area contributed by atoms with Crippen LogP contribution < -0.4 is 0 Å². The van der Waals surface area contributed by atoms with Gasteiger partial charge in [-0.2, -0.15) is 0 Å². The van der Waals surface area contributed by atoms with Crippen molar-refractivity contribution in [2.24, 2.45) is 5.92 Å². The van der Waals surface area contributed by atoms with Crippen molar-refractivity contribution in [2.45, 2.75) is 32.1 Å². The van der Waals surface area contributed by atoms with Gasteiger partial charge < -0.3 is 10.0 Å². The van der Waals surface area contributed by atoms with Gasteiger partial charge in [0.2, 0.25) is 5.91 Å². The number of aliphatic hydroxyl groups excluding tert-OH is 1. The molecule has 0 bridgehead atoms. The van der Waals surface area contributed by atoms with Gasteiger partial charge in [0, 0.05) is 26.2 Å². The molecule has 0 spiro atoms. The maximum atomic E-state index is 12.1. The molecule has 17 heavy (non-hydrogen) atoms. The van der Waals surface area contributed by atoms with Crippen molar-refractivity contribution < 1.29 is 9.90 Å². The van der Waals surface area contributed by atoms with Gasteiger partial charge in [0.15, 0.2) is 0 Å². The Balaban J connectivity index is 1.76. The molecule has 0 radical (unpaired) electrons. The van der Waals surface area contributed by atoms with E-state index in [0.29, 0.717) is 12.5 Å². The van der Waals surface area contributed by atoms with Crippen LogP contribution in [0.25, 0.3) is 0 Å². The lowest BCUT2D eigenvalue weighted by Gasteiger charge is -2.23. The van der Waals surface area contributed by atoms with Crippen LogP contribution in [0.15, 0.2) is 0 Å². The Morgan fingerprint density at radius 2 is 1.82 bits per heavy atom. The molecule has 4 heteroatoms. The normalized spacial score (nSPS) is 27.1. The molecule has 2 fully saturated rings. The van der Waals surface area contributed by atoms with Gasteiger partial charge in [0.1, 0.15) is 0 Å². The molecule has 0 aliphatic carbocycles. The first-order valence-corrected chi connectivity index (χ1v) is 6.90. The molecule has 2 rings (SSSR count). The van der Waals surface area contributed by atoms with E-state index in [1.54, 1.807) is 0 Å². The minimum absolute atomic E-state index is 0.258. The fraction of sp³-hybridized carbons (Fsp3) is 0.923.